The molecule has 0 aliphatic carbocycles. The van der Waals surface area contributed by atoms with Crippen LogP contribution in [0.4, 0.5) is 13.2 Å². The van der Waals surface area contributed by atoms with Gasteiger partial charge in [-0.05, 0) is 65.7 Å². The Bertz CT molecular complexity index is 1320. The van der Waals surface area contributed by atoms with Gasteiger partial charge in [0.2, 0.25) is 15.8 Å². The molecule has 2 aromatic carbocycles. The molecule has 2 fully saturated rings. The third-order valence-corrected chi connectivity index (χ3v) is 7.97. The SMILES string of the molecule is NS(=O)(=O)c1c(C(F)(F)F)ccc(-c2ccc(C3CCN(CC4CNC4)CC3)cc2)c1-c1nn[nH]n1. The number of hydrogen-bond donors (Lipinski definition) is 3. The number of nitrogens with one attached hydrogen (secondary N) is 2. The first kappa shape index (κ1) is 24.8. The van der Waals surface area contributed by atoms with Gasteiger partial charge in [-0.15, -0.1) is 10.2 Å². The Hall–Kier alpha value is -2.87. The van der Waals surface area contributed by atoms with E-state index in [1.165, 1.54) is 6.07 Å². The van der Waals surface area contributed by atoms with Crippen molar-refractivity contribution in [2.75, 3.05) is 32.7 Å². The fraction of sp³-hybridized carbons (Fsp3) is 0.435. The second-order valence-electron chi connectivity index (χ2n) is 9.36. The fourth-order valence-electron chi connectivity index (χ4n) is 5.06. The number of aromatic nitrogens is 4. The quantitative estimate of drug-likeness (QED) is 0.455. The van der Waals surface area contributed by atoms with Crippen LogP contribution in [0.15, 0.2) is 41.3 Å². The molecule has 36 heavy (non-hydrogen) atoms. The lowest BCUT2D eigenvalue weighted by atomic mass is 9.87. The van der Waals surface area contributed by atoms with Gasteiger partial charge >= 0.3 is 6.18 Å². The minimum atomic E-state index is -4.95. The van der Waals surface area contributed by atoms with Crippen molar-refractivity contribution in [3.8, 4) is 22.5 Å². The molecule has 0 bridgehead atoms. The van der Waals surface area contributed by atoms with Crippen molar-refractivity contribution in [2.45, 2.75) is 29.8 Å². The van der Waals surface area contributed by atoms with E-state index in [1.807, 2.05) is 12.1 Å². The minimum Gasteiger partial charge on any atom is -0.316 e. The summed E-state index contributed by atoms with van der Waals surface area (Å²) in [6.07, 6.45) is -2.89. The summed E-state index contributed by atoms with van der Waals surface area (Å²) >= 11 is 0. The van der Waals surface area contributed by atoms with E-state index in [0.717, 1.165) is 63.1 Å². The van der Waals surface area contributed by atoms with Crippen LogP contribution in [0.3, 0.4) is 0 Å². The molecule has 0 unspecified atom stereocenters. The van der Waals surface area contributed by atoms with Gasteiger partial charge < -0.3 is 10.2 Å². The Labute approximate surface area is 206 Å². The second-order valence-corrected chi connectivity index (χ2v) is 10.9. The Morgan fingerprint density at radius 2 is 1.75 bits per heavy atom. The topological polar surface area (TPSA) is 130 Å². The molecule has 0 saturated carbocycles. The zero-order chi connectivity index (χ0) is 25.5. The number of sulfonamides is 1. The first-order valence-electron chi connectivity index (χ1n) is 11.7. The number of halogens is 3. The number of piperidine rings is 1. The molecule has 3 aromatic rings. The van der Waals surface area contributed by atoms with Gasteiger partial charge in [-0.2, -0.15) is 18.4 Å². The lowest BCUT2D eigenvalue weighted by molar-refractivity contribution is -0.139. The van der Waals surface area contributed by atoms with Crippen LogP contribution in [-0.2, 0) is 16.2 Å². The van der Waals surface area contributed by atoms with E-state index in [-0.39, 0.29) is 17.0 Å². The summed E-state index contributed by atoms with van der Waals surface area (Å²) in [6, 6.07) is 9.38. The van der Waals surface area contributed by atoms with Crippen LogP contribution in [0.25, 0.3) is 22.5 Å². The number of H-pyrrole nitrogens is 1. The molecule has 13 heteroatoms. The summed E-state index contributed by atoms with van der Waals surface area (Å²) in [7, 11) is -4.79. The zero-order valence-electron chi connectivity index (χ0n) is 19.3. The van der Waals surface area contributed by atoms with E-state index in [1.54, 1.807) is 12.1 Å². The Morgan fingerprint density at radius 1 is 1.06 bits per heavy atom. The molecule has 0 radical (unpaired) electrons. The van der Waals surface area contributed by atoms with Gasteiger partial charge in [0, 0.05) is 19.6 Å². The lowest BCUT2D eigenvalue weighted by Gasteiger charge is -2.37. The number of nitrogens with two attached hydrogens (primary N) is 1. The highest BCUT2D eigenvalue weighted by molar-refractivity contribution is 7.89. The van der Waals surface area contributed by atoms with Crippen molar-refractivity contribution in [1.29, 1.82) is 0 Å². The first-order chi connectivity index (χ1) is 17.1. The lowest BCUT2D eigenvalue weighted by Crippen LogP contribution is -2.49. The molecular formula is C23H26F3N7O2S. The number of tetrazole rings is 1. The highest BCUT2D eigenvalue weighted by Crippen LogP contribution is 2.43. The summed E-state index contributed by atoms with van der Waals surface area (Å²) in [5.41, 5.74) is 0.154. The van der Waals surface area contributed by atoms with Crippen LogP contribution in [0.5, 0.6) is 0 Å². The molecule has 3 heterocycles. The first-order valence-corrected chi connectivity index (χ1v) is 13.2. The predicted molar refractivity (Wildman–Crippen MR) is 126 cm³/mol. The highest BCUT2D eigenvalue weighted by atomic mass is 32.2. The summed E-state index contributed by atoms with van der Waals surface area (Å²) in [6.45, 7) is 5.36. The van der Waals surface area contributed by atoms with E-state index in [9.17, 15) is 21.6 Å². The van der Waals surface area contributed by atoms with Crippen molar-refractivity contribution in [3.05, 3.63) is 47.5 Å². The summed E-state index contributed by atoms with van der Waals surface area (Å²) < 4.78 is 65.9. The Kier molecular flexibility index (Phi) is 6.57. The van der Waals surface area contributed by atoms with Crippen molar-refractivity contribution >= 4 is 10.0 Å². The smallest absolute Gasteiger partial charge is 0.316 e. The summed E-state index contributed by atoms with van der Waals surface area (Å²) in [5, 5.41) is 21.6. The van der Waals surface area contributed by atoms with E-state index in [0.29, 0.717) is 11.5 Å². The largest absolute Gasteiger partial charge is 0.417 e. The van der Waals surface area contributed by atoms with Gasteiger partial charge in [0.1, 0.15) is 4.90 Å². The maximum Gasteiger partial charge on any atom is 0.417 e. The molecule has 0 spiro atoms. The Balaban J connectivity index is 1.46. The molecule has 2 aliphatic rings. The van der Waals surface area contributed by atoms with Crippen molar-refractivity contribution < 1.29 is 21.6 Å². The van der Waals surface area contributed by atoms with Crippen molar-refractivity contribution in [2.24, 2.45) is 11.1 Å². The average molecular weight is 522 g/mol. The molecule has 5 rings (SSSR count). The van der Waals surface area contributed by atoms with Crippen LogP contribution in [0.1, 0.15) is 29.9 Å². The fourth-order valence-corrected chi connectivity index (χ4v) is 6.03. The van der Waals surface area contributed by atoms with Gasteiger partial charge in [-0.25, -0.2) is 13.6 Å². The molecule has 1 aromatic heterocycles. The number of likely N-dealkylation sites (tertiary alicyclic amines) is 1. The van der Waals surface area contributed by atoms with Crippen molar-refractivity contribution in [1.82, 2.24) is 30.8 Å². The molecule has 0 atom stereocenters. The van der Waals surface area contributed by atoms with Crippen molar-refractivity contribution in [3.63, 3.8) is 0 Å². The maximum absolute atomic E-state index is 13.7. The molecule has 2 aliphatic heterocycles. The monoisotopic (exact) mass is 521 g/mol. The Morgan fingerprint density at radius 3 is 2.28 bits per heavy atom. The number of hydrogen-bond acceptors (Lipinski definition) is 7. The standard InChI is InChI=1S/C23H26F3N7O2S/c24-23(25,26)19-6-5-18(20(21(19)36(27,34)35)22-29-31-32-30-22)17-3-1-15(2-4-17)16-7-9-33(10-8-16)13-14-11-28-12-14/h1-6,14,16,28H,7-13H2,(H2,27,34,35)(H,29,30,31,32). The van der Waals surface area contributed by atoms with Crippen LogP contribution in [-0.4, -0.2) is 66.7 Å². The third-order valence-electron chi connectivity index (χ3n) is 6.98. The number of aromatic amines is 1. The molecular weight excluding hydrogens is 495 g/mol. The summed E-state index contributed by atoms with van der Waals surface area (Å²) in [5.74, 6) is 0.831. The minimum absolute atomic E-state index is 0.212. The number of alkyl halides is 3. The molecule has 2 saturated heterocycles. The average Bonchev–Trinajstić information content (AvgIpc) is 3.35. The third kappa shape index (κ3) is 5.01. The van der Waals surface area contributed by atoms with E-state index >= 15 is 0 Å². The normalized spacial score (nSPS) is 18.3. The van der Waals surface area contributed by atoms with Gasteiger partial charge in [-0.3, -0.25) is 0 Å². The predicted octanol–water partition coefficient (Wildman–Crippen LogP) is 2.60. The van der Waals surface area contributed by atoms with Gasteiger partial charge in [-0.1, -0.05) is 30.3 Å². The molecule has 192 valence electrons. The van der Waals surface area contributed by atoms with Gasteiger partial charge in [0.05, 0.1) is 11.1 Å². The van der Waals surface area contributed by atoms with Gasteiger partial charge in [0.25, 0.3) is 0 Å². The number of primary sulfonamides is 1. The molecule has 9 nitrogen and oxygen atoms in total. The molecule has 0 amide bonds. The molecule has 4 N–H and O–H groups in total. The van der Waals surface area contributed by atoms with Crippen LogP contribution in [0.2, 0.25) is 0 Å². The van der Waals surface area contributed by atoms with Crippen LogP contribution >= 0.6 is 0 Å². The van der Waals surface area contributed by atoms with E-state index < -0.39 is 26.7 Å². The van der Waals surface area contributed by atoms with E-state index in [4.69, 9.17) is 5.14 Å². The number of rotatable bonds is 6. The van der Waals surface area contributed by atoms with Crippen LogP contribution in [0, 0.1) is 5.92 Å². The van der Waals surface area contributed by atoms with Gasteiger partial charge in [0.15, 0.2) is 0 Å². The summed E-state index contributed by atoms with van der Waals surface area (Å²) in [4.78, 5) is 1.43. The number of benzene rings is 2. The van der Waals surface area contributed by atoms with E-state index in [2.05, 4.69) is 30.8 Å². The van der Waals surface area contributed by atoms with Crippen LogP contribution < -0.4 is 10.5 Å². The second kappa shape index (κ2) is 9.54. The number of nitrogens with zero attached hydrogens (tertiary/aromatic N) is 4. The zero-order valence-corrected chi connectivity index (χ0v) is 20.1. The highest BCUT2D eigenvalue weighted by Gasteiger charge is 2.40. The maximum atomic E-state index is 13.7.